The van der Waals surface area contributed by atoms with Gasteiger partial charge in [-0.15, -0.1) is 0 Å². The van der Waals surface area contributed by atoms with E-state index in [-0.39, 0.29) is 11.6 Å². The van der Waals surface area contributed by atoms with Crippen LogP contribution in [-0.2, 0) is 0 Å². The Morgan fingerprint density at radius 2 is 2.12 bits per heavy atom. The van der Waals surface area contributed by atoms with Gasteiger partial charge in [0.15, 0.2) is 0 Å². The average Bonchev–Trinajstić information content (AvgIpc) is 2.23. The molecular weight excluding hydrogens is 204 g/mol. The number of anilines is 1. The maximum Gasteiger partial charge on any atom is 0.273 e. The van der Waals surface area contributed by atoms with Crippen LogP contribution in [0.15, 0.2) is 23.1 Å². The largest absolute Gasteiger partial charge is 0.394 e. The van der Waals surface area contributed by atoms with Crippen LogP contribution in [0.1, 0.15) is 38.6 Å². The van der Waals surface area contributed by atoms with Gasteiger partial charge in [-0.3, -0.25) is 4.79 Å². The molecule has 3 N–H and O–H groups in total. The van der Waals surface area contributed by atoms with Crippen LogP contribution < -0.4 is 11.3 Å². The lowest BCUT2D eigenvalue weighted by atomic mass is 9.83. The predicted molar refractivity (Wildman–Crippen MR) is 63.2 cm³/mol. The Labute approximate surface area is 94.7 Å². The van der Waals surface area contributed by atoms with Gasteiger partial charge in [-0.05, 0) is 44.7 Å². The van der Waals surface area contributed by atoms with Crippen LogP contribution in [0.5, 0.6) is 0 Å². The Hall–Kier alpha value is -1.29. The molecular formula is C12H18N2O2. The summed E-state index contributed by atoms with van der Waals surface area (Å²) in [5.74, 6) is 0. The third-order valence-corrected chi connectivity index (χ3v) is 3.43. The van der Waals surface area contributed by atoms with Crippen molar-refractivity contribution in [1.29, 1.82) is 0 Å². The molecule has 4 heteroatoms. The molecule has 1 saturated carbocycles. The van der Waals surface area contributed by atoms with Gasteiger partial charge in [0.05, 0.1) is 11.3 Å². The second kappa shape index (κ2) is 3.94. The fraction of sp³-hybridized carbons (Fsp3) is 0.583. The monoisotopic (exact) mass is 222 g/mol. The summed E-state index contributed by atoms with van der Waals surface area (Å²) in [6, 6.07) is 3.60. The maximum absolute atomic E-state index is 11.8. The molecule has 2 rings (SSSR count). The molecule has 4 nitrogen and oxygen atoms in total. The predicted octanol–water partition coefficient (Wildman–Crippen LogP) is 1.30. The van der Waals surface area contributed by atoms with Gasteiger partial charge in [-0.2, -0.15) is 0 Å². The van der Waals surface area contributed by atoms with E-state index in [9.17, 15) is 9.90 Å². The van der Waals surface area contributed by atoms with Gasteiger partial charge in [-0.1, -0.05) is 0 Å². The third kappa shape index (κ3) is 2.11. The minimum absolute atomic E-state index is 0.117. The van der Waals surface area contributed by atoms with Crippen molar-refractivity contribution in [2.24, 2.45) is 0 Å². The highest BCUT2D eigenvalue weighted by molar-refractivity contribution is 5.33. The summed E-state index contributed by atoms with van der Waals surface area (Å²) in [5, 5.41) is 9.85. The smallest absolute Gasteiger partial charge is 0.273 e. The first-order valence-corrected chi connectivity index (χ1v) is 5.69. The topological polar surface area (TPSA) is 68.2 Å². The van der Waals surface area contributed by atoms with Crippen molar-refractivity contribution in [2.75, 3.05) is 5.73 Å². The van der Waals surface area contributed by atoms with Crippen molar-refractivity contribution >= 4 is 5.69 Å². The molecule has 16 heavy (non-hydrogen) atoms. The number of aliphatic hydroxyl groups is 1. The first kappa shape index (κ1) is 11.2. The Morgan fingerprint density at radius 3 is 2.75 bits per heavy atom. The molecule has 0 aliphatic heterocycles. The molecule has 88 valence electrons. The minimum Gasteiger partial charge on any atom is -0.394 e. The molecule has 1 fully saturated rings. The second-order valence-corrected chi connectivity index (χ2v) is 4.90. The second-order valence-electron chi connectivity index (χ2n) is 4.90. The molecule has 0 unspecified atom stereocenters. The van der Waals surface area contributed by atoms with Crippen molar-refractivity contribution in [3.05, 3.63) is 28.7 Å². The molecule has 1 aliphatic rings. The zero-order chi connectivity index (χ0) is 11.8. The first-order chi connectivity index (χ1) is 7.49. The number of pyridine rings is 1. The molecule has 1 aromatic rings. The molecule has 0 radical (unpaired) electrons. The first-order valence-electron chi connectivity index (χ1n) is 5.69. The van der Waals surface area contributed by atoms with E-state index >= 15 is 0 Å². The van der Waals surface area contributed by atoms with Crippen molar-refractivity contribution in [1.82, 2.24) is 4.57 Å². The Kier molecular flexibility index (Phi) is 2.76. The summed E-state index contributed by atoms with van der Waals surface area (Å²) in [6.07, 6.45) is 4.91. The summed E-state index contributed by atoms with van der Waals surface area (Å²) in [5.41, 5.74) is 5.20. The lowest BCUT2D eigenvalue weighted by Gasteiger charge is -2.33. The average molecular weight is 222 g/mol. The number of nitrogens with zero attached hydrogens (tertiary/aromatic N) is 1. The quantitative estimate of drug-likeness (QED) is 0.752. The molecule has 0 spiro atoms. The Morgan fingerprint density at radius 1 is 1.50 bits per heavy atom. The minimum atomic E-state index is -0.569. The maximum atomic E-state index is 11.8. The van der Waals surface area contributed by atoms with E-state index < -0.39 is 5.60 Å². The van der Waals surface area contributed by atoms with Gasteiger partial charge in [0.2, 0.25) is 0 Å². The van der Waals surface area contributed by atoms with Crippen molar-refractivity contribution in [2.45, 2.75) is 44.2 Å². The standard InChI is InChI=1S/C12H18N2O2/c1-12(16)6-4-9(5-7-12)14-8-2-3-10(13)11(14)15/h2-3,8-9,16H,4-7,13H2,1H3/t9-,12-. The van der Waals surface area contributed by atoms with E-state index in [0.717, 1.165) is 25.7 Å². The van der Waals surface area contributed by atoms with Gasteiger partial charge in [0.1, 0.15) is 0 Å². The highest BCUT2D eigenvalue weighted by Crippen LogP contribution is 2.33. The molecule has 0 bridgehead atoms. The molecule has 0 amide bonds. The highest BCUT2D eigenvalue weighted by Gasteiger charge is 2.29. The van der Waals surface area contributed by atoms with Gasteiger partial charge in [0, 0.05) is 12.2 Å². The Balaban J connectivity index is 2.21. The molecule has 0 aromatic carbocycles. The van der Waals surface area contributed by atoms with Crippen LogP contribution in [0.25, 0.3) is 0 Å². The van der Waals surface area contributed by atoms with Crippen LogP contribution in [0, 0.1) is 0 Å². The summed E-state index contributed by atoms with van der Waals surface area (Å²) in [7, 11) is 0. The number of rotatable bonds is 1. The zero-order valence-corrected chi connectivity index (χ0v) is 9.52. The number of nitrogens with two attached hydrogens (primary N) is 1. The molecule has 0 saturated heterocycles. The van der Waals surface area contributed by atoms with Crippen molar-refractivity contribution < 1.29 is 5.11 Å². The van der Waals surface area contributed by atoms with E-state index in [1.165, 1.54) is 0 Å². The van der Waals surface area contributed by atoms with Crippen LogP contribution in [0.2, 0.25) is 0 Å². The third-order valence-electron chi connectivity index (χ3n) is 3.43. The van der Waals surface area contributed by atoms with Crippen LogP contribution in [0.4, 0.5) is 5.69 Å². The van der Waals surface area contributed by atoms with E-state index in [1.54, 1.807) is 22.9 Å². The summed E-state index contributed by atoms with van der Waals surface area (Å²) >= 11 is 0. The normalized spacial score (nSPS) is 30.2. The van der Waals surface area contributed by atoms with E-state index in [0.29, 0.717) is 5.69 Å². The lowest BCUT2D eigenvalue weighted by Crippen LogP contribution is -2.35. The van der Waals surface area contributed by atoms with Crippen LogP contribution in [-0.4, -0.2) is 15.3 Å². The fourth-order valence-corrected chi connectivity index (χ4v) is 2.32. The van der Waals surface area contributed by atoms with Gasteiger partial charge < -0.3 is 15.4 Å². The molecule has 1 heterocycles. The lowest BCUT2D eigenvalue weighted by molar-refractivity contribution is 0.00957. The fourth-order valence-electron chi connectivity index (χ4n) is 2.32. The van der Waals surface area contributed by atoms with Crippen molar-refractivity contribution in [3.8, 4) is 0 Å². The number of hydrogen-bond donors (Lipinski definition) is 2. The van der Waals surface area contributed by atoms with Gasteiger partial charge in [0.25, 0.3) is 5.56 Å². The van der Waals surface area contributed by atoms with Crippen molar-refractivity contribution in [3.63, 3.8) is 0 Å². The van der Waals surface area contributed by atoms with E-state index in [4.69, 9.17) is 5.73 Å². The van der Waals surface area contributed by atoms with Crippen LogP contribution in [0.3, 0.4) is 0 Å². The SMILES string of the molecule is C[C@]1(O)CC[C@H](n2cccc(N)c2=O)CC1. The van der Waals surface area contributed by atoms with Gasteiger partial charge >= 0.3 is 0 Å². The number of nitrogen functional groups attached to an aromatic ring is 1. The molecule has 0 atom stereocenters. The highest BCUT2D eigenvalue weighted by atomic mass is 16.3. The van der Waals surface area contributed by atoms with Crippen LogP contribution >= 0.6 is 0 Å². The zero-order valence-electron chi connectivity index (χ0n) is 9.52. The molecule has 1 aromatic heterocycles. The Bertz CT molecular complexity index is 427. The van der Waals surface area contributed by atoms with E-state index in [1.807, 2.05) is 6.92 Å². The number of hydrogen-bond acceptors (Lipinski definition) is 3. The summed E-state index contributed by atoms with van der Waals surface area (Å²) in [4.78, 5) is 11.8. The summed E-state index contributed by atoms with van der Waals surface area (Å²) in [6.45, 7) is 1.85. The number of aromatic nitrogens is 1. The van der Waals surface area contributed by atoms with E-state index in [2.05, 4.69) is 0 Å². The van der Waals surface area contributed by atoms with Gasteiger partial charge in [-0.25, -0.2) is 0 Å². The summed E-state index contributed by atoms with van der Waals surface area (Å²) < 4.78 is 1.70. The molecule has 1 aliphatic carbocycles.